The third-order valence-corrected chi connectivity index (χ3v) is 7.24. The first-order valence-electron chi connectivity index (χ1n) is 9.09. The van der Waals surface area contributed by atoms with Crippen LogP contribution in [0.2, 0.25) is 5.15 Å². The van der Waals surface area contributed by atoms with Crippen LogP contribution in [0.5, 0.6) is 0 Å². The van der Waals surface area contributed by atoms with Crippen molar-refractivity contribution >= 4 is 35.0 Å². The van der Waals surface area contributed by atoms with Crippen LogP contribution in [0.1, 0.15) is 32.1 Å². The maximum atomic E-state index is 13.4. The predicted molar refractivity (Wildman–Crippen MR) is 105 cm³/mol. The van der Waals surface area contributed by atoms with Gasteiger partial charge in [-0.3, -0.25) is 0 Å². The average Bonchev–Trinajstić information content (AvgIpc) is 3.00. The highest BCUT2D eigenvalue weighted by atomic mass is 35.5. The van der Waals surface area contributed by atoms with E-state index in [1.54, 1.807) is 6.20 Å². The maximum Gasteiger partial charge on any atom is 0.158 e. The quantitative estimate of drug-likeness (QED) is 0.750. The summed E-state index contributed by atoms with van der Waals surface area (Å²) in [7, 11) is 0. The molecule has 2 aromatic heterocycles. The summed E-state index contributed by atoms with van der Waals surface area (Å²) in [6.45, 7) is 1.82. The molecule has 0 radical (unpaired) electrons. The van der Waals surface area contributed by atoms with Gasteiger partial charge in [0.25, 0.3) is 0 Å². The van der Waals surface area contributed by atoms with Gasteiger partial charge < -0.3 is 16.4 Å². The van der Waals surface area contributed by atoms with Crippen LogP contribution in [0.15, 0.2) is 28.4 Å². The zero-order chi connectivity index (χ0) is 19.0. The van der Waals surface area contributed by atoms with Gasteiger partial charge in [0.1, 0.15) is 21.8 Å². The Bertz CT molecular complexity index is 843. The molecule has 1 aliphatic carbocycles. The van der Waals surface area contributed by atoms with Crippen molar-refractivity contribution in [2.24, 2.45) is 11.1 Å². The molecular formula is C18H22ClFN6S. The molecule has 2 fully saturated rings. The maximum absolute atomic E-state index is 13.4. The predicted octanol–water partition coefficient (Wildman–Crippen LogP) is 3.50. The second-order valence-electron chi connectivity index (χ2n) is 7.31. The van der Waals surface area contributed by atoms with Crippen molar-refractivity contribution in [1.29, 1.82) is 0 Å². The summed E-state index contributed by atoms with van der Waals surface area (Å²) in [6, 6.07) is 1.63. The average molecular weight is 409 g/mol. The molecule has 4 rings (SSSR count). The summed E-state index contributed by atoms with van der Waals surface area (Å²) < 4.78 is 13.4. The molecule has 1 saturated carbocycles. The number of nitrogens with zero attached hydrogens (tertiary/aromatic N) is 4. The number of nitrogens with two attached hydrogens (primary N) is 2. The Kier molecular flexibility index (Phi) is 5.13. The number of anilines is 2. The molecule has 27 heavy (non-hydrogen) atoms. The number of pyridine rings is 1. The lowest BCUT2D eigenvalue weighted by Gasteiger charge is -2.42. The summed E-state index contributed by atoms with van der Waals surface area (Å²) in [6.07, 6.45) is 8.55. The van der Waals surface area contributed by atoms with Gasteiger partial charge in [-0.05, 0) is 37.2 Å². The van der Waals surface area contributed by atoms with Crippen LogP contribution < -0.4 is 16.4 Å². The Morgan fingerprint density at radius 3 is 2.67 bits per heavy atom. The van der Waals surface area contributed by atoms with Crippen molar-refractivity contribution < 1.29 is 4.39 Å². The number of rotatable bonds is 3. The first kappa shape index (κ1) is 18.7. The monoisotopic (exact) mass is 408 g/mol. The van der Waals surface area contributed by atoms with E-state index in [-0.39, 0.29) is 5.15 Å². The molecule has 4 N–H and O–H groups in total. The van der Waals surface area contributed by atoms with Gasteiger partial charge in [0, 0.05) is 19.1 Å². The van der Waals surface area contributed by atoms with Crippen molar-refractivity contribution in [3.63, 3.8) is 0 Å². The van der Waals surface area contributed by atoms with E-state index in [0.717, 1.165) is 56.1 Å². The fourth-order valence-electron chi connectivity index (χ4n) is 4.16. The van der Waals surface area contributed by atoms with E-state index in [9.17, 15) is 4.39 Å². The van der Waals surface area contributed by atoms with Gasteiger partial charge in [0.05, 0.1) is 17.3 Å². The second kappa shape index (κ2) is 7.41. The van der Waals surface area contributed by atoms with Crippen molar-refractivity contribution in [2.75, 3.05) is 23.7 Å². The molecule has 1 spiro atoms. The van der Waals surface area contributed by atoms with E-state index in [2.05, 4.69) is 19.9 Å². The molecule has 0 bridgehead atoms. The normalized spacial score (nSPS) is 21.7. The van der Waals surface area contributed by atoms with Gasteiger partial charge in [0.15, 0.2) is 5.82 Å². The fraction of sp³-hybridized carbons (Fsp3) is 0.500. The van der Waals surface area contributed by atoms with Crippen LogP contribution in [-0.4, -0.2) is 34.1 Å². The first-order valence-corrected chi connectivity index (χ1v) is 10.3. The highest BCUT2D eigenvalue weighted by Gasteiger charge is 2.43. The van der Waals surface area contributed by atoms with E-state index in [0.29, 0.717) is 27.2 Å². The van der Waals surface area contributed by atoms with Gasteiger partial charge in [-0.1, -0.05) is 29.8 Å². The largest absolute Gasteiger partial charge is 0.381 e. The van der Waals surface area contributed by atoms with E-state index in [4.69, 9.17) is 23.1 Å². The van der Waals surface area contributed by atoms with Crippen LogP contribution >= 0.6 is 23.4 Å². The van der Waals surface area contributed by atoms with Crippen molar-refractivity contribution in [3.05, 3.63) is 29.4 Å². The minimum Gasteiger partial charge on any atom is -0.381 e. The Morgan fingerprint density at radius 2 is 2.00 bits per heavy atom. The van der Waals surface area contributed by atoms with Crippen LogP contribution in [0, 0.1) is 11.2 Å². The van der Waals surface area contributed by atoms with Crippen molar-refractivity contribution in [2.45, 2.75) is 48.1 Å². The van der Waals surface area contributed by atoms with Crippen molar-refractivity contribution in [1.82, 2.24) is 15.0 Å². The summed E-state index contributed by atoms with van der Waals surface area (Å²) in [5.41, 5.74) is 12.8. The number of nitrogen functional groups attached to an aromatic ring is 1. The molecule has 2 aliphatic rings. The lowest BCUT2D eigenvalue weighted by atomic mass is 9.74. The summed E-state index contributed by atoms with van der Waals surface area (Å²) in [4.78, 5) is 15.4. The third kappa shape index (κ3) is 3.70. The smallest absolute Gasteiger partial charge is 0.158 e. The standard InChI is InChI=1S/C18H22ClFN6S/c19-15-12(8-11(20)9-23-15)27-17-16(22)25-14(10-24-17)26-6-4-18(5-7-26)3-1-2-13(18)21/h8-10,13H,1-7,21H2,(H2,22,25)/t13-/m1/s1. The number of hydrogen-bond donors (Lipinski definition) is 2. The van der Waals surface area contributed by atoms with Crippen molar-refractivity contribution in [3.8, 4) is 0 Å². The van der Waals surface area contributed by atoms with E-state index in [1.165, 1.54) is 18.9 Å². The molecule has 0 unspecified atom stereocenters. The van der Waals surface area contributed by atoms with Gasteiger partial charge >= 0.3 is 0 Å². The molecule has 1 aliphatic heterocycles. The van der Waals surface area contributed by atoms with Crippen LogP contribution in [0.25, 0.3) is 0 Å². The molecular weight excluding hydrogens is 387 g/mol. The highest BCUT2D eigenvalue weighted by Crippen LogP contribution is 2.46. The minimum atomic E-state index is -0.461. The summed E-state index contributed by atoms with van der Waals surface area (Å²) >= 11 is 7.17. The molecule has 0 aromatic carbocycles. The fourth-order valence-corrected chi connectivity index (χ4v) is 5.15. The zero-order valence-corrected chi connectivity index (χ0v) is 16.4. The number of piperidine rings is 1. The highest BCUT2D eigenvalue weighted by molar-refractivity contribution is 7.99. The van der Waals surface area contributed by atoms with E-state index >= 15 is 0 Å². The van der Waals surface area contributed by atoms with Gasteiger partial charge in [-0.25, -0.2) is 19.3 Å². The molecule has 3 heterocycles. The molecule has 0 amide bonds. The lowest BCUT2D eigenvalue weighted by molar-refractivity contribution is 0.197. The zero-order valence-electron chi connectivity index (χ0n) is 14.9. The summed E-state index contributed by atoms with van der Waals surface area (Å²) in [5, 5.41) is 0.695. The topological polar surface area (TPSA) is 94.0 Å². The molecule has 1 saturated heterocycles. The molecule has 1 atom stereocenters. The van der Waals surface area contributed by atoms with Gasteiger partial charge in [0.2, 0.25) is 0 Å². The Labute approximate surface area is 166 Å². The third-order valence-electron chi connectivity index (χ3n) is 5.79. The molecule has 2 aromatic rings. The second-order valence-corrected chi connectivity index (χ2v) is 8.70. The molecule has 144 valence electrons. The van der Waals surface area contributed by atoms with Crippen LogP contribution in [-0.2, 0) is 0 Å². The molecule has 6 nitrogen and oxygen atoms in total. The number of hydrogen-bond acceptors (Lipinski definition) is 7. The summed E-state index contributed by atoms with van der Waals surface area (Å²) in [5.74, 6) is 0.606. The van der Waals surface area contributed by atoms with E-state index in [1.807, 2.05) is 0 Å². The lowest BCUT2D eigenvalue weighted by Crippen LogP contribution is -2.47. The van der Waals surface area contributed by atoms with E-state index < -0.39 is 5.82 Å². The number of halogens is 2. The van der Waals surface area contributed by atoms with Gasteiger partial charge in [-0.15, -0.1) is 0 Å². The van der Waals surface area contributed by atoms with Crippen LogP contribution in [0.4, 0.5) is 16.0 Å². The Hall–Kier alpha value is -1.64. The molecule has 9 heteroatoms. The number of aromatic nitrogens is 3. The SMILES string of the molecule is Nc1nc(N2CCC3(CCC[C@H]3N)CC2)cnc1Sc1cc(F)cnc1Cl. The first-order chi connectivity index (χ1) is 13.0. The van der Waals surface area contributed by atoms with Gasteiger partial charge in [-0.2, -0.15) is 0 Å². The minimum absolute atomic E-state index is 0.209. The Balaban J connectivity index is 1.47. The van der Waals surface area contributed by atoms with Crippen LogP contribution in [0.3, 0.4) is 0 Å². The Morgan fingerprint density at radius 1 is 1.22 bits per heavy atom.